The van der Waals surface area contributed by atoms with E-state index in [1.165, 1.54) is 0 Å². The molecule has 26 heavy (non-hydrogen) atoms. The lowest BCUT2D eigenvalue weighted by atomic mass is 10.1. The van der Waals surface area contributed by atoms with Crippen molar-refractivity contribution in [2.24, 2.45) is 0 Å². The molecule has 1 N–H and O–H groups in total. The molecule has 0 saturated carbocycles. The Kier molecular flexibility index (Phi) is 4.38. The van der Waals surface area contributed by atoms with Crippen molar-refractivity contribution in [1.82, 2.24) is 4.98 Å². The van der Waals surface area contributed by atoms with Crippen LogP contribution in [-0.2, 0) is 4.79 Å². The maximum Gasteiger partial charge on any atom is 0.262 e. The Bertz CT molecular complexity index is 1130. The number of carbonyl (C=O) groups excluding carboxylic acids is 1. The van der Waals surface area contributed by atoms with Gasteiger partial charge in [-0.15, -0.1) is 22.7 Å². The molecule has 0 atom stereocenters. The minimum Gasteiger partial charge on any atom is -0.483 e. The molecule has 2 heterocycles. The summed E-state index contributed by atoms with van der Waals surface area (Å²) in [6.07, 6.45) is 0. The predicted molar refractivity (Wildman–Crippen MR) is 110 cm³/mol. The summed E-state index contributed by atoms with van der Waals surface area (Å²) in [7, 11) is 0. The first-order valence-corrected chi connectivity index (χ1v) is 9.98. The number of hydrogen-bond acceptors (Lipinski definition) is 5. The summed E-state index contributed by atoms with van der Waals surface area (Å²) in [4.78, 5) is 17.0. The number of ether oxygens (including phenoxy) is 1. The Morgan fingerprint density at radius 2 is 2.04 bits per heavy atom. The van der Waals surface area contributed by atoms with Gasteiger partial charge in [0.1, 0.15) is 5.75 Å². The SMILES string of the molecule is Cc1ccc(C)c(NC(=O)COc2cc3sc(C)nc3c3sccc23)c1. The molecule has 0 aliphatic heterocycles. The Morgan fingerprint density at radius 1 is 1.19 bits per heavy atom. The maximum absolute atomic E-state index is 12.3. The van der Waals surface area contributed by atoms with Crippen molar-refractivity contribution >= 4 is 54.6 Å². The normalized spacial score (nSPS) is 11.2. The third kappa shape index (κ3) is 3.18. The number of hydrogen-bond donors (Lipinski definition) is 1. The Hall–Kier alpha value is -2.44. The molecule has 0 aliphatic rings. The van der Waals surface area contributed by atoms with E-state index >= 15 is 0 Å². The molecule has 0 bridgehead atoms. The Balaban J connectivity index is 1.56. The van der Waals surface area contributed by atoms with Crippen LogP contribution in [0.4, 0.5) is 5.69 Å². The standard InChI is InChI=1S/C20H18N2O2S2/c1-11-4-5-12(2)15(8-11)22-18(23)10-24-16-9-17-19(21-13(3)26-17)20-14(16)6-7-25-20/h4-9H,10H2,1-3H3,(H,22,23). The van der Waals surface area contributed by atoms with Gasteiger partial charge in [0, 0.05) is 17.1 Å². The van der Waals surface area contributed by atoms with Crippen molar-refractivity contribution in [2.45, 2.75) is 20.8 Å². The number of nitrogens with one attached hydrogen (secondary N) is 1. The van der Waals surface area contributed by atoms with Crippen LogP contribution < -0.4 is 10.1 Å². The number of thiophene rings is 1. The van der Waals surface area contributed by atoms with Crippen molar-refractivity contribution < 1.29 is 9.53 Å². The minimum atomic E-state index is -0.164. The van der Waals surface area contributed by atoms with Gasteiger partial charge in [-0.2, -0.15) is 0 Å². The number of thiazole rings is 1. The van der Waals surface area contributed by atoms with Gasteiger partial charge < -0.3 is 10.1 Å². The van der Waals surface area contributed by atoms with Gasteiger partial charge in [-0.1, -0.05) is 12.1 Å². The van der Waals surface area contributed by atoms with Gasteiger partial charge in [-0.05, 0) is 49.4 Å². The summed E-state index contributed by atoms with van der Waals surface area (Å²) in [5.41, 5.74) is 3.99. The summed E-state index contributed by atoms with van der Waals surface area (Å²) in [6, 6.07) is 10.0. The highest BCUT2D eigenvalue weighted by Gasteiger charge is 2.14. The highest BCUT2D eigenvalue weighted by molar-refractivity contribution is 7.21. The molecule has 0 spiro atoms. The van der Waals surface area contributed by atoms with Crippen LogP contribution in [0, 0.1) is 20.8 Å². The second kappa shape index (κ2) is 6.70. The number of benzene rings is 2. The van der Waals surface area contributed by atoms with E-state index in [9.17, 15) is 4.79 Å². The van der Waals surface area contributed by atoms with Crippen LogP contribution >= 0.6 is 22.7 Å². The average molecular weight is 383 g/mol. The van der Waals surface area contributed by atoms with E-state index in [4.69, 9.17) is 4.74 Å². The van der Waals surface area contributed by atoms with Crippen molar-refractivity contribution in [1.29, 1.82) is 0 Å². The van der Waals surface area contributed by atoms with Gasteiger partial charge in [0.25, 0.3) is 5.91 Å². The van der Waals surface area contributed by atoms with Crippen LogP contribution in [-0.4, -0.2) is 17.5 Å². The van der Waals surface area contributed by atoms with Gasteiger partial charge >= 0.3 is 0 Å². The maximum atomic E-state index is 12.3. The molecular formula is C20H18N2O2S2. The molecular weight excluding hydrogens is 364 g/mol. The van der Waals surface area contributed by atoms with Gasteiger partial charge in [0.05, 0.1) is 19.9 Å². The highest BCUT2D eigenvalue weighted by atomic mass is 32.1. The summed E-state index contributed by atoms with van der Waals surface area (Å²) in [6.45, 7) is 5.96. The third-order valence-corrected chi connectivity index (χ3v) is 6.03. The molecule has 4 aromatic rings. The number of anilines is 1. The number of amides is 1. The van der Waals surface area contributed by atoms with Crippen molar-refractivity contribution in [3.63, 3.8) is 0 Å². The molecule has 4 nitrogen and oxygen atoms in total. The fourth-order valence-corrected chi connectivity index (χ4v) is 4.74. The first-order valence-electron chi connectivity index (χ1n) is 8.28. The lowest BCUT2D eigenvalue weighted by Crippen LogP contribution is -2.20. The Morgan fingerprint density at radius 3 is 2.88 bits per heavy atom. The van der Waals surface area contributed by atoms with Crippen LogP contribution in [0.2, 0.25) is 0 Å². The number of fused-ring (bicyclic) bond motifs is 3. The van der Waals surface area contributed by atoms with E-state index < -0.39 is 0 Å². The zero-order valence-corrected chi connectivity index (χ0v) is 16.4. The number of aromatic nitrogens is 1. The molecule has 2 aromatic carbocycles. The van der Waals surface area contributed by atoms with E-state index in [1.54, 1.807) is 22.7 Å². The van der Waals surface area contributed by atoms with Gasteiger partial charge in [0.2, 0.25) is 0 Å². The lowest BCUT2D eigenvalue weighted by Gasteiger charge is -2.11. The van der Waals surface area contributed by atoms with Gasteiger partial charge in [-0.25, -0.2) is 4.98 Å². The number of nitrogens with zero attached hydrogens (tertiary/aromatic N) is 1. The first kappa shape index (κ1) is 17.0. The largest absolute Gasteiger partial charge is 0.483 e. The molecule has 0 saturated heterocycles. The summed E-state index contributed by atoms with van der Waals surface area (Å²) < 4.78 is 8.07. The molecule has 0 unspecified atom stereocenters. The van der Waals surface area contributed by atoms with E-state index in [0.717, 1.165) is 47.9 Å². The summed E-state index contributed by atoms with van der Waals surface area (Å²) in [5, 5.41) is 7.00. The smallest absolute Gasteiger partial charge is 0.262 e. The lowest BCUT2D eigenvalue weighted by molar-refractivity contribution is -0.118. The van der Waals surface area contributed by atoms with Crippen LogP contribution in [0.15, 0.2) is 35.7 Å². The topological polar surface area (TPSA) is 51.2 Å². The van der Waals surface area contributed by atoms with E-state index in [-0.39, 0.29) is 12.5 Å². The molecule has 132 valence electrons. The average Bonchev–Trinajstić information content (AvgIpc) is 3.21. The van der Waals surface area contributed by atoms with Crippen LogP contribution in [0.25, 0.3) is 20.3 Å². The zero-order chi connectivity index (χ0) is 18.3. The van der Waals surface area contributed by atoms with Gasteiger partial charge in [0.15, 0.2) is 6.61 Å². The monoisotopic (exact) mass is 382 g/mol. The van der Waals surface area contributed by atoms with Gasteiger partial charge in [-0.3, -0.25) is 4.79 Å². The number of aryl methyl sites for hydroxylation is 3. The van der Waals surface area contributed by atoms with E-state index in [1.807, 2.05) is 56.5 Å². The summed E-state index contributed by atoms with van der Waals surface area (Å²) >= 11 is 3.29. The minimum absolute atomic E-state index is 0.0262. The fourth-order valence-electron chi connectivity index (χ4n) is 2.91. The van der Waals surface area contributed by atoms with Crippen LogP contribution in [0.1, 0.15) is 16.1 Å². The second-order valence-electron chi connectivity index (χ2n) is 6.27. The van der Waals surface area contributed by atoms with Crippen molar-refractivity contribution in [2.75, 3.05) is 11.9 Å². The zero-order valence-electron chi connectivity index (χ0n) is 14.8. The third-order valence-electron chi connectivity index (χ3n) is 4.19. The molecule has 1 amide bonds. The fraction of sp³-hybridized carbons (Fsp3) is 0.200. The molecule has 2 aromatic heterocycles. The van der Waals surface area contributed by atoms with Crippen LogP contribution in [0.5, 0.6) is 5.75 Å². The molecule has 0 radical (unpaired) electrons. The molecule has 4 rings (SSSR count). The van der Waals surface area contributed by atoms with Crippen molar-refractivity contribution in [3.8, 4) is 5.75 Å². The first-order chi connectivity index (χ1) is 12.5. The quantitative estimate of drug-likeness (QED) is 0.510. The Labute approximate surface area is 159 Å². The number of carbonyl (C=O) groups is 1. The van der Waals surface area contributed by atoms with E-state index in [0.29, 0.717) is 0 Å². The molecule has 6 heteroatoms. The highest BCUT2D eigenvalue weighted by Crippen LogP contribution is 2.38. The van der Waals surface area contributed by atoms with Crippen LogP contribution in [0.3, 0.4) is 0 Å². The van der Waals surface area contributed by atoms with E-state index in [2.05, 4.69) is 10.3 Å². The van der Waals surface area contributed by atoms with Crippen molar-refractivity contribution in [3.05, 3.63) is 51.8 Å². The predicted octanol–water partition coefficient (Wildman–Crippen LogP) is 5.45. The molecule has 0 fully saturated rings. The molecule has 0 aliphatic carbocycles. The summed E-state index contributed by atoms with van der Waals surface area (Å²) in [5.74, 6) is 0.566. The number of rotatable bonds is 4. The second-order valence-corrected chi connectivity index (χ2v) is 8.42.